The van der Waals surface area contributed by atoms with E-state index in [0.717, 1.165) is 39.3 Å². The minimum Gasteiger partial charge on any atom is -0.342 e. The normalized spacial score (nSPS) is 15.1. The number of amides is 2. The third-order valence-corrected chi connectivity index (χ3v) is 4.89. The van der Waals surface area contributed by atoms with Gasteiger partial charge in [-0.1, -0.05) is 0 Å². The molecule has 0 radical (unpaired) electrons. The minimum atomic E-state index is -0.0288. The van der Waals surface area contributed by atoms with Crippen LogP contribution in [0.2, 0.25) is 0 Å². The van der Waals surface area contributed by atoms with Gasteiger partial charge >= 0.3 is 0 Å². The van der Waals surface area contributed by atoms with Gasteiger partial charge in [0.2, 0.25) is 11.8 Å². The average molecular weight is 371 g/mol. The van der Waals surface area contributed by atoms with Crippen LogP contribution in [0.4, 0.5) is 5.69 Å². The van der Waals surface area contributed by atoms with Crippen LogP contribution in [0.3, 0.4) is 0 Å². The number of nitrogens with one attached hydrogen (secondary N) is 1. The molecule has 7 nitrogen and oxygen atoms in total. The van der Waals surface area contributed by atoms with Crippen LogP contribution in [-0.2, 0) is 9.59 Å². The molecule has 1 aromatic rings. The summed E-state index contributed by atoms with van der Waals surface area (Å²) in [6.07, 6.45) is 0.429. The second-order valence-corrected chi connectivity index (χ2v) is 6.67. The third-order valence-electron chi connectivity index (χ3n) is 4.89. The van der Waals surface area contributed by atoms with Crippen molar-refractivity contribution in [2.75, 3.05) is 57.7 Å². The van der Waals surface area contributed by atoms with Crippen LogP contribution in [0.15, 0.2) is 24.3 Å². The Kier molecular flexibility index (Phi) is 8.24. The van der Waals surface area contributed by atoms with E-state index in [9.17, 15) is 9.59 Å². The Hall–Kier alpha value is -2.43. The summed E-state index contributed by atoms with van der Waals surface area (Å²) in [5.41, 5.74) is 1.28. The van der Waals surface area contributed by atoms with Gasteiger partial charge < -0.3 is 15.1 Å². The Labute approximate surface area is 161 Å². The second kappa shape index (κ2) is 10.7. The SMILES string of the molecule is CCN(CC)C(=O)CN1CCN(CCC(=O)Nc2ccc(C#N)cc2)CC1. The number of nitriles is 1. The van der Waals surface area contributed by atoms with Crippen LogP contribution in [0.1, 0.15) is 25.8 Å². The molecule has 0 saturated carbocycles. The molecule has 1 heterocycles. The molecule has 1 saturated heterocycles. The zero-order chi connectivity index (χ0) is 19.6. The van der Waals surface area contributed by atoms with Gasteiger partial charge in [-0.2, -0.15) is 5.26 Å². The largest absolute Gasteiger partial charge is 0.342 e. The van der Waals surface area contributed by atoms with Gasteiger partial charge in [0.05, 0.1) is 18.2 Å². The lowest BCUT2D eigenvalue weighted by Gasteiger charge is -2.35. The first kappa shape index (κ1) is 20.9. The van der Waals surface area contributed by atoms with Crippen molar-refractivity contribution < 1.29 is 9.59 Å². The molecule has 7 heteroatoms. The minimum absolute atomic E-state index is 0.0288. The molecule has 2 amide bonds. The number of rotatable bonds is 8. The molecular weight excluding hydrogens is 342 g/mol. The molecule has 1 N–H and O–H groups in total. The van der Waals surface area contributed by atoms with E-state index in [1.54, 1.807) is 24.3 Å². The molecule has 1 aromatic carbocycles. The van der Waals surface area contributed by atoms with E-state index in [4.69, 9.17) is 5.26 Å². The highest BCUT2D eigenvalue weighted by atomic mass is 16.2. The van der Waals surface area contributed by atoms with Crippen molar-refractivity contribution in [1.82, 2.24) is 14.7 Å². The summed E-state index contributed by atoms with van der Waals surface area (Å²) in [6.45, 7) is 10.1. The van der Waals surface area contributed by atoms with E-state index < -0.39 is 0 Å². The summed E-state index contributed by atoms with van der Waals surface area (Å²) >= 11 is 0. The number of hydrogen-bond donors (Lipinski definition) is 1. The van der Waals surface area contributed by atoms with Crippen molar-refractivity contribution in [1.29, 1.82) is 5.26 Å². The van der Waals surface area contributed by atoms with Crippen LogP contribution >= 0.6 is 0 Å². The van der Waals surface area contributed by atoms with Gasteiger partial charge in [-0.05, 0) is 38.1 Å². The molecule has 0 bridgehead atoms. The topological polar surface area (TPSA) is 79.7 Å². The maximum atomic E-state index is 12.2. The monoisotopic (exact) mass is 371 g/mol. The highest BCUT2D eigenvalue weighted by Crippen LogP contribution is 2.10. The summed E-state index contributed by atoms with van der Waals surface area (Å²) in [7, 11) is 0. The first-order valence-electron chi connectivity index (χ1n) is 9.58. The molecule has 0 unspecified atom stereocenters. The predicted octanol–water partition coefficient (Wildman–Crippen LogP) is 1.37. The summed E-state index contributed by atoms with van der Waals surface area (Å²) in [6, 6.07) is 8.91. The van der Waals surface area contributed by atoms with Crippen LogP contribution < -0.4 is 5.32 Å². The van der Waals surface area contributed by atoms with Crippen LogP contribution in [0, 0.1) is 11.3 Å². The number of benzene rings is 1. The fourth-order valence-corrected chi connectivity index (χ4v) is 3.15. The average Bonchev–Trinajstić information content (AvgIpc) is 2.69. The highest BCUT2D eigenvalue weighted by molar-refractivity contribution is 5.90. The maximum absolute atomic E-state index is 12.2. The standard InChI is InChI=1S/C20H29N5O2/c1-3-25(4-2)20(27)16-24-13-11-23(12-14-24)10-9-19(26)22-18-7-5-17(15-21)6-8-18/h5-8H,3-4,9-14,16H2,1-2H3,(H,22,26). The summed E-state index contributed by atoms with van der Waals surface area (Å²) < 4.78 is 0. The van der Waals surface area contributed by atoms with Gasteiger partial charge in [0.1, 0.15) is 0 Å². The van der Waals surface area contributed by atoms with Crippen molar-refractivity contribution in [3.05, 3.63) is 29.8 Å². The van der Waals surface area contributed by atoms with Gasteiger partial charge in [-0.3, -0.25) is 14.5 Å². The van der Waals surface area contributed by atoms with Crippen molar-refractivity contribution in [2.45, 2.75) is 20.3 Å². The number of likely N-dealkylation sites (N-methyl/N-ethyl adjacent to an activating group) is 1. The summed E-state index contributed by atoms with van der Waals surface area (Å²) in [4.78, 5) is 30.6. The molecule has 2 rings (SSSR count). The second-order valence-electron chi connectivity index (χ2n) is 6.67. The Morgan fingerprint density at radius 3 is 2.22 bits per heavy atom. The summed E-state index contributed by atoms with van der Waals surface area (Å²) in [5, 5.41) is 11.6. The van der Waals surface area contributed by atoms with E-state index in [1.165, 1.54) is 0 Å². The first-order valence-corrected chi connectivity index (χ1v) is 9.58. The van der Waals surface area contributed by atoms with Crippen molar-refractivity contribution >= 4 is 17.5 Å². The zero-order valence-corrected chi connectivity index (χ0v) is 16.3. The lowest BCUT2D eigenvalue weighted by atomic mass is 10.2. The lowest BCUT2D eigenvalue weighted by Crippen LogP contribution is -2.50. The van der Waals surface area contributed by atoms with E-state index in [1.807, 2.05) is 18.7 Å². The van der Waals surface area contributed by atoms with Crippen LogP contribution in [0.25, 0.3) is 0 Å². The Balaban J connectivity index is 1.67. The number of carbonyl (C=O) groups is 2. The number of piperazine rings is 1. The Morgan fingerprint density at radius 1 is 1.07 bits per heavy atom. The number of hydrogen-bond acceptors (Lipinski definition) is 5. The quantitative estimate of drug-likeness (QED) is 0.747. The van der Waals surface area contributed by atoms with Gasteiger partial charge in [-0.15, -0.1) is 0 Å². The fraction of sp³-hybridized carbons (Fsp3) is 0.550. The Bertz CT molecular complexity index is 656. The van der Waals surface area contributed by atoms with Crippen molar-refractivity contribution in [3.8, 4) is 6.07 Å². The van der Waals surface area contributed by atoms with Gasteiger partial charge in [0.15, 0.2) is 0 Å². The molecule has 0 atom stereocenters. The molecule has 1 aliphatic rings. The third kappa shape index (κ3) is 6.66. The smallest absolute Gasteiger partial charge is 0.236 e. The number of carbonyl (C=O) groups excluding carboxylic acids is 2. The predicted molar refractivity (Wildman–Crippen MR) is 105 cm³/mol. The van der Waals surface area contributed by atoms with Gasteiger partial charge in [0.25, 0.3) is 0 Å². The molecule has 0 aliphatic carbocycles. The van der Waals surface area contributed by atoms with E-state index in [2.05, 4.69) is 21.2 Å². The summed E-state index contributed by atoms with van der Waals surface area (Å²) in [5.74, 6) is 0.161. The molecular formula is C20H29N5O2. The highest BCUT2D eigenvalue weighted by Gasteiger charge is 2.21. The molecule has 27 heavy (non-hydrogen) atoms. The lowest BCUT2D eigenvalue weighted by molar-refractivity contribution is -0.132. The molecule has 0 spiro atoms. The number of anilines is 1. The first-order chi connectivity index (χ1) is 13.0. The zero-order valence-electron chi connectivity index (χ0n) is 16.3. The van der Waals surface area contributed by atoms with E-state index in [0.29, 0.717) is 30.8 Å². The maximum Gasteiger partial charge on any atom is 0.236 e. The molecule has 146 valence electrons. The fourth-order valence-electron chi connectivity index (χ4n) is 3.15. The van der Waals surface area contributed by atoms with Crippen molar-refractivity contribution in [2.24, 2.45) is 0 Å². The van der Waals surface area contributed by atoms with Crippen LogP contribution in [0.5, 0.6) is 0 Å². The molecule has 1 fully saturated rings. The van der Waals surface area contributed by atoms with Gasteiger partial charge in [-0.25, -0.2) is 0 Å². The Morgan fingerprint density at radius 2 is 1.67 bits per heavy atom. The molecule has 1 aliphatic heterocycles. The van der Waals surface area contributed by atoms with Crippen molar-refractivity contribution in [3.63, 3.8) is 0 Å². The van der Waals surface area contributed by atoms with Gasteiger partial charge in [0, 0.05) is 57.9 Å². The van der Waals surface area contributed by atoms with Crippen LogP contribution in [-0.4, -0.2) is 78.9 Å². The number of nitrogens with zero attached hydrogens (tertiary/aromatic N) is 4. The van der Waals surface area contributed by atoms with E-state index in [-0.39, 0.29) is 11.8 Å². The van der Waals surface area contributed by atoms with E-state index >= 15 is 0 Å². The molecule has 0 aromatic heterocycles.